The summed E-state index contributed by atoms with van der Waals surface area (Å²) in [4.78, 5) is 22.3. The monoisotopic (exact) mass is 336 g/mol. The van der Waals surface area contributed by atoms with E-state index in [1.165, 1.54) is 0 Å². The van der Waals surface area contributed by atoms with Crippen molar-refractivity contribution in [1.82, 2.24) is 15.3 Å². The molecule has 4 rings (SSSR count). The standard InChI is InChI=1S/C19H20N4O2/c1-23-12-17(25-16-9-5-4-8-15(16)23)19(24)20-11-10-18-21-13-6-2-3-7-14(13)22-18/h2-9,17H,10-12H2,1H3,(H,20,24)(H,21,22)/t17-/m0/s1. The van der Waals surface area contributed by atoms with Crippen LogP contribution in [0.1, 0.15) is 5.82 Å². The molecule has 1 aliphatic heterocycles. The van der Waals surface area contributed by atoms with E-state index in [0.717, 1.165) is 28.3 Å². The van der Waals surface area contributed by atoms with Gasteiger partial charge in [-0.3, -0.25) is 4.79 Å². The van der Waals surface area contributed by atoms with Crippen molar-refractivity contribution in [3.8, 4) is 5.75 Å². The van der Waals surface area contributed by atoms with E-state index in [9.17, 15) is 4.79 Å². The number of imidazole rings is 1. The second-order valence-corrected chi connectivity index (χ2v) is 6.20. The molecule has 3 aromatic rings. The fourth-order valence-corrected chi connectivity index (χ4v) is 3.09. The van der Waals surface area contributed by atoms with Crippen LogP contribution < -0.4 is 15.0 Å². The van der Waals surface area contributed by atoms with Gasteiger partial charge >= 0.3 is 0 Å². The molecular weight excluding hydrogens is 316 g/mol. The Hall–Kier alpha value is -3.02. The van der Waals surface area contributed by atoms with Gasteiger partial charge in [-0.1, -0.05) is 24.3 Å². The second-order valence-electron chi connectivity index (χ2n) is 6.20. The first-order valence-electron chi connectivity index (χ1n) is 8.39. The molecule has 2 heterocycles. The summed E-state index contributed by atoms with van der Waals surface area (Å²) < 4.78 is 5.84. The van der Waals surface area contributed by atoms with Crippen LogP contribution in [0.4, 0.5) is 5.69 Å². The van der Waals surface area contributed by atoms with E-state index >= 15 is 0 Å². The van der Waals surface area contributed by atoms with Crippen molar-refractivity contribution in [2.45, 2.75) is 12.5 Å². The first-order chi connectivity index (χ1) is 12.2. The van der Waals surface area contributed by atoms with Crippen LogP contribution in [-0.4, -0.2) is 42.1 Å². The second kappa shape index (κ2) is 6.47. The first kappa shape index (κ1) is 15.5. The summed E-state index contributed by atoms with van der Waals surface area (Å²) in [5.41, 5.74) is 2.96. The highest BCUT2D eigenvalue weighted by Gasteiger charge is 2.28. The van der Waals surface area contributed by atoms with Crippen LogP contribution in [0.3, 0.4) is 0 Å². The molecular formula is C19H20N4O2. The Labute approximate surface area is 145 Å². The SMILES string of the molecule is CN1C[C@@H](C(=O)NCCc2nc3ccccc3[nH]2)Oc2ccccc21. The van der Waals surface area contributed by atoms with E-state index in [0.29, 0.717) is 19.5 Å². The van der Waals surface area contributed by atoms with Crippen LogP contribution in [0.2, 0.25) is 0 Å². The Bertz CT molecular complexity index is 872. The summed E-state index contributed by atoms with van der Waals surface area (Å²) in [7, 11) is 1.97. The lowest BCUT2D eigenvalue weighted by Gasteiger charge is -2.32. The van der Waals surface area contributed by atoms with Crippen LogP contribution in [0, 0.1) is 0 Å². The van der Waals surface area contributed by atoms with E-state index in [1.807, 2.05) is 60.5 Å². The van der Waals surface area contributed by atoms with Crippen LogP contribution in [0.5, 0.6) is 5.75 Å². The Balaban J connectivity index is 1.35. The third-order valence-electron chi connectivity index (χ3n) is 4.38. The number of H-pyrrole nitrogens is 1. The molecule has 0 fully saturated rings. The Morgan fingerprint density at radius 3 is 2.96 bits per heavy atom. The van der Waals surface area contributed by atoms with Crippen molar-refractivity contribution >= 4 is 22.6 Å². The smallest absolute Gasteiger partial charge is 0.262 e. The van der Waals surface area contributed by atoms with Gasteiger partial charge in [-0.05, 0) is 24.3 Å². The van der Waals surface area contributed by atoms with Gasteiger partial charge in [0.05, 0.1) is 23.3 Å². The Morgan fingerprint density at radius 1 is 1.28 bits per heavy atom. The quantitative estimate of drug-likeness (QED) is 0.766. The number of rotatable bonds is 4. The summed E-state index contributed by atoms with van der Waals surface area (Å²) in [5, 5.41) is 2.95. The molecule has 0 bridgehead atoms. The first-order valence-corrected chi connectivity index (χ1v) is 8.39. The number of hydrogen-bond acceptors (Lipinski definition) is 4. The van der Waals surface area contributed by atoms with Gasteiger partial charge in [0.1, 0.15) is 11.6 Å². The molecule has 0 spiro atoms. The molecule has 1 atom stereocenters. The number of likely N-dealkylation sites (N-methyl/N-ethyl adjacent to an activating group) is 1. The lowest BCUT2D eigenvalue weighted by atomic mass is 10.2. The van der Waals surface area contributed by atoms with Gasteiger partial charge in [0.2, 0.25) is 0 Å². The molecule has 0 saturated heterocycles. The zero-order chi connectivity index (χ0) is 17.2. The number of aromatic nitrogens is 2. The molecule has 1 amide bonds. The predicted molar refractivity (Wildman–Crippen MR) is 96.9 cm³/mol. The normalized spacial score (nSPS) is 16.4. The van der Waals surface area contributed by atoms with Crippen LogP contribution in [-0.2, 0) is 11.2 Å². The summed E-state index contributed by atoms with van der Waals surface area (Å²) >= 11 is 0. The van der Waals surface area contributed by atoms with Crippen LogP contribution >= 0.6 is 0 Å². The van der Waals surface area contributed by atoms with Crippen molar-refractivity contribution < 1.29 is 9.53 Å². The summed E-state index contributed by atoms with van der Waals surface area (Å²) in [6, 6.07) is 15.7. The molecule has 1 aliphatic rings. The van der Waals surface area contributed by atoms with E-state index in [-0.39, 0.29) is 5.91 Å². The number of para-hydroxylation sites is 4. The van der Waals surface area contributed by atoms with Crippen LogP contribution in [0.25, 0.3) is 11.0 Å². The fourth-order valence-electron chi connectivity index (χ4n) is 3.09. The number of amides is 1. The average Bonchev–Trinajstić information content (AvgIpc) is 3.04. The maximum Gasteiger partial charge on any atom is 0.262 e. The minimum absolute atomic E-state index is 0.0996. The zero-order valence-electron chi connectivity index (χ0n) is 14.0. The van der Waals surface area contributed by atoms with E-state index < -0.39 is 6.10 Å². The lowest BCUT2D eigenvalue weighted by Crippen LogP contribution is -2.48. The minimum Gasteiger partial charge on any atom is -0.477 e. The number of carbonyl (C=O) groups is 1. The molecule has 0 radical (unpaired) electrons. The minimum atomic E-state index is -0.504. The largest absolute Gasteiger partial charge is 0.477 e. The maximum atomic E-state index is 12.4. The molecule has 6 nitrogen and oxygen atoms in total. The highest BCUT2D eigenvalue weighted by atomic mass is 16.5. The topological polar surface area (TPSA) is 70.2 Å². The van der Waals surface area contributed by atoms with Crippen molar-refractivity contribution in [3.05, 3.63) is 54.4 Å². The van der Waals surface area contributed by atoms with Gasteiger partial charge in [-0.15, -0.1) is 0 Å². The number of carbonyl (C=O) groups excluding carboxylic acids is 1. The number of anilines is 1. The Kier molecular flexibility index (Phi) is 4.01. The van der Waals surface area contributed by atoms with E-state index in [1.54, 1.807) is 0 Å². The van der Waals surface area contributed by atoms with Crippen molar-refractivity contribution in [1.29, 1.82) is 0 Å². The predicted octanol–water partition coefficient (Wildman–Crippen LogP) is 2.12. The van der Waals surface area contributed by atoms with E-state index in [2.05, 4.69) is 15.3 Å². The lowest BCUT2D eigenvalue weighted by molar-refractivity contribution is -0.127. The molecule has 128 valence electrons. The number of benzene rings is 2. The summed E-state index contributed by atoms with van der Waals surface area (Å²) in [6.07, 6.45) is 0.148. The third kappa shape index (κ3) is 3.15. The summed E-state index contributed by atoms with van der Waals surface area (Å²) in [5.74, 6) is 1.51. The molecule has 25 heavy (non-hydrogen) atoms. The number of ether oxygens (including phenoxy) is 1. The van der Waals surface area contributed by atoms with Crippen molar-refractivity contribution in [2.24, 2.45) is 0 Å². The highest BCUT2D eigenvalue weighted by molar-refractivity contribution is 5.83. The van der Waals surface area contributed by atoms with Gasteiger partial charge in [0.15, 0.2) is 6.10 Å². The molecule has 2 aromatic carbocycles. The zero-order valence-corrected chi connectivity index (χ0v) is 14.0. The van der Waals surface area contributed by atoms with Crippen LogP contribution in [0.15, 0.2) is 48.5 Å². The molecule has 0 unspecified atom stereocenters. The molecule has 1 aromatic heterocycles. The number of nitrogens with one attached hydrogen (secondary N) is 2. The van der Waals surface area contributed by atoms with Gasteiger partial charge in [0.25, 0.3) is 5.91 Å². The molecule has 2 N–H and O–H groups in total. The average molecular weight is 336 g/mol. The number of hydrogen-bond donors (Lipinski definition) is 2. The number of nitrogens with zero attached hydrogens (tertiary/aromatic N) is 2. The Morgan fingerprint density at radius 2 is 2.08 bits per heavy atom. The third-order valence-corrected chi connectivity index (χ3v) is 4.38. The maximum absolute atomic E-state index is 12.4. The van der Waals surface area contributed by atoms with Crippen molar-refractivity contribution in [2.75, 3.05) is 25.0 Å². The molecule has 6 heteroatoms. The van der Waals surface area contributed by atoms with Crippen molar-refractivity contribution in [3.63, 3.8) is 0 Å². The van der Waals surface area contributed by atoms with Gasteiger partial charge in [-0.2, -0.15) is 0 Å². The number of aromatic amines is 1. The fraction of sp³-hybridized carbons (Fsp3) is 0.263. The summed E-state index contributed by atoms with van der Waals surface area (Å²) in [6.45, 7) is 1.05. The van der Waals surface area contributed by atoms with Gasteiger partial charge in [0, 0.05) is 20.0 Å². The van der Waals surface area contributed by atoms with Gasteiger partial charge < -0.3 is 19.9 Å². The van der Waals surface area contributed by atoms with E-state index in [4.69, 9.17) is 4.74 Å². The highest BCUT2D eigenvalue weighted by Crippen LogP contribution is 2.31. The number of fused-ring (bicyclic) bond motifs is 2. The molecule has 0 aliphatic carbocycles. The van der Waals surface area contributed by atoms with Gasteiger partial charge in [-0.25, -0.2) is 4.98 Å². The molecule has 0 saturated carbocycles.